The van der Waals surface area contributed by atoms with Crippen molar-refractivity contribution >= 4 is 6.09 Å². The van der Waals surface area contributed by atoms with Gasteiger partial charge < -0.3 is 15.1 Å². The van der Waals surface area contributed by atoms with E-state index < -0.39 is 6.09 Å². The topological polar surface area (TPSA) is 64.0 Å². The van der Waals surface area contributed by atoms with Crippen molar-refractivity contribution in [1.29, 1.82) is 0 Å². The van der Waals surface area contributed by atoms with Crippen LogP contribution in [0, 0.1) is 0 Å². The number of nitrogens with zero attached hydrogens (tertiary/aromatic N) is 2. The molecule has 2 rings (SSSR count). The van der Waals surface area contributed by atoms with Crippen molar-refractivity contribution in [2.75, 3.05) is 26.2 Å². The second kappa shape index (κ2) is 4.37. The van der Waals surface area contributed by atoms with Gasteiger partial charge in [0.25, 0.3) is 0 Å². The molecule has 0 aromatic rings. The number of amides is 1. The number of rotatable bonds is 1. The quantitative estimate of drug-likeness (QED) is 0.654. The van der Waals surface area contributed by atoms with E-state index in [4.69, 9.17) is 5.11 Å². The third kappa shape index (κ3) is 2.23. The van der Waals surface area contributed by atoms with Crippen molar-refractivity contribution in [3.8, 4) is 0 Å². The molecule has 86 valence electrons. The Morgan fingerprint density at radius 3 is 2.27 bits per heavy atom. The van der Waals surface area contributed by atoms with Crippen molar-refractivity contribution in [3.05, 3.63) is 0 Å². The first kappa shape index (κ1) is 10.7. The van der Waals surface area contributed by atoms with Crippen LogP contribution in [0.3, 0.4) is 0 Å². The molecule has 1 amide bonds. The van der Waals surface area contributed by atoms with Crippen LogP contribution in [0.2, 0.25) is 0 Å². The Morgan fingerprint density at radius 1 is 1.13 bits per heavy atom. The number of carboxylic acid groups (broad SMARTS) is 1. The maximum atomic E-state index is 10.7. The zero-order chi connectivity index (χ0) is 10.8. The standard InChI is InChI=1S/C10H18N2O3/c13-9-3-1-2-8(9)11-4-6-12(7-5-11)10(14)15/h8-9,13H,1-7H2,(H,14,15)/t8-,9-/m0/s1. The Morgan fingerprint density at radius 2 is 1.80 bits per heavy atom. The van der Waals surface area contributed by atoms with Gasteiger partial charge in [0, 0.05) is 32.2 Å². The molecule has 1 saturated carbocycles. The molecule has 1 aliphatic carbocycles. The van der Waals surface area contributed by atoms with Crippen LogP contribution in [0.1, 0.15) is 19.3 Å². The smallest absolute Gasteiger partial charge is 0.407 e. The summed E-state index contributed by atoms with van der Waals surface area (Å²) in [6, 6.07) is 0.265. The van der Waals surface area contributed by atoms with Gasteiger partial charge in [-0.15, -0.1) is 0 Å². The number of piperazine rings is 1. The molecule has 2 N–H and O–H groups in total. The molecular weight excluding hydrogens is 196 g/mol. The van der Waals surface area contributed by atoms with E-state index in [-0.39, 0.29) is 12.1 Å². The highest BCUT2D eigenvalue weighted by atomic mass is 16.4. The molecule has 1 aliphatic heterocycles. The highest BCUT2D eigenvalue weighted by molar-refractivity contribution is 5.65. The van der Waals surface area contributed by atoms with Gasteiger partial charge in [0.05, 0.1) is 6.10 Å². The molecule has 5 nitrogen and oxygen atoms in total. The first-order chi connectivity index (χ1) is 7.18. The Labute approximate surface area is 89.3 Å². The Balaban J connectivity index is 1.85. The summed E-state index contributed by atoms with van der Waals surface area (Å²) < 4.78 is 0. The van der Waals surface area contributed by atoms with E-state index in [2.05, 4.69) is 4.90 Å². The molecule has 2 atom stereocenters. The molecule has 1 heterocycles. The minimum absolute atomic E-state index is 0.207. The lowest BCUT2D eigenvalue weighted by Gasteiger charge is -2.37. The summed E-state index contributed by atoms with van der Waals surface area (Å²) in [5, 5.41) is 18.5. The zero-order valence-electron chi connectivity index (χ0n) is 8.80. The van der Waals surface area contributed by atoms with Gasteiger partial charge in [-0.1, -0.05) is 0 Å². The van der Waals surface area contributed by atoms with E-state index in [9.17, 15) is 9.90 Å². The number of carbonyl (C=O) groups is 1. The van der Waals surface area contributed by atoms with Crippen molar-refractivity contribution in [2.24, 2.45) is 0 Å². The Hall–Kier alpha value is -0.810. The van der Waals surface area contributed by atoms with Crippen LogP contribution in [0.4, 0.5) is 4.79 Å². The fourth-order valence-electron chi connectivity index (χ4n) is 2.59. The molecule has 0 unspecified atom stereocenters. The number of aliphatic hydroxyl groups is 1. The van der Waals surface area contributed by atoms with Crippen LogP contribution in [-0.4, -0.2) is 64.4 Å². The van der Waals surface area contributed by atoms with E-state index in [1.165, 1.54) is 4.90 Å². The third-order valence-corrected chi connectivity index (χ3v) is 3.50. The molecular formula is C10H18N2O3. The van der Waals surface area contributed by atoms with Gasteiger partial charge in [-0.3, -0.25) is 4.90 Å². The van der Waals surface area contributed by atoms with Gasteiger partial charge in [0.1, 0.15) is 0 Å². The molecule has 0 bridgehead atoms. The van der Waals surface area contributed by atoms with Crippen molar-refractivity contribution in [3.63, 3.8) is 0 Å². The zero-order valence-corrected chi connectivity index (χ0v) is 8.80. The summed E-state index contributed by atoms with van der Waals surface area (Å²) in [5.41, 5.74) is 0. The molecule has 0 aromatic heterocycles. The van der Waals surface area contributed by atoms with Crippen molar-refractivity contribution in [2.45, 2.75) is 31.4 Å². The van der Waals surface area contributed by atoms with Crippen LogP contribution in [0.5, 0.6) is 0 Å². The van der Waals surface area contributed by atoms with E-state index in [1.807, 2.05) is 0 Å². The predicted molar refractivity (Wildman–Crippen MR) is 54.8 cm³/mol. The van der Waals surface area contributed by atoms with Crippen LogP contribution in [-0.2, 0) is 0 Å². The molecule has 1 saturated heterocycles. The Kier molecular flexibility index (Phi) is 3.11. The summed E-state index contributed by atoms with van der Waals surface area (Å²) in [6.07, 6.45) is 1.99. The predicted octanol–water partition coefficient (Wildman–Crippen LogP) is 0.195. The Bertz CT molecular complexity index is 239. The molecule has 0 aromatic carbocycles. The van der Waals surface area contributed by atoms with Gasteiger partial charge in [0.2, 0.25) is 0 Å². The average molecular weight is 214 g/mol. The van der Waals surface area contributed by atoms with Crippen LogP contribution < -0.4 is 0 Å². The average Bonchev–Trinajstić information content (AvgIpc) is 2.65. The number of hydrogen-bond acceptors (Lipinski definition) is 3. The van der Waals surface area contributed by atoms with E-state index in [1.54, 1.807) is 0 Å². The van der Waals surface area contributed by atoms with E-state index >= 15 is 0 Å². The highest BCUT2D eigenvalue weighted by Crippen LogP contribution is 2.24. The summed E-state index contributed by atoms with van der Waals surface area (Å²) in [7, 11) is 0. The fourth-order valence-corrected chi connectivity index (χ4v) is 2.59. The monoisotopic (exact) mass is 214 g/mol. The second-order valence-electron chi connectivity index (χ2n) is 4.37. The van der Waals surface area contributed by atoms with Gasteiger partial charge in [-0.2, -0.15) is 0 Å². The second-order valence-corrected chi connectivity index (χ2v) is 4.37. The molecule has 0 radical (unpaired) electrons. The molecule has 2 aliphatic rings. The van der Waals surface area contributed by atoms with E-state index in [0.717, 1.165) is 32.4 Å². The normalized spacial score (nSPS) is 33.3. The summed E-state index contributed by atoms with van der Waals surface area (Å²) in [5.74, 6) is 0. The van der Waals surface area contributed by atoms with Crippen molar-refractivity contribution < 1.29 is 15.0 Å². The highest BCUT2D eigenvalue weighted by Gasteiger charge is 2.33. The third-order valence-electron chi connectivity index (χ3n) is 3.50. The lowest BCUT2D eigenvalue weighted by atomic mass is 10.1. The first-order valence-corrected chi connectivity index (χ1v) is 5.58. The molecule has 0 spiro atoms. The SMILES string of the molecule is O=C(O)N1CCN([C@H]2CCC[C@@H]2O)CC1. The maximum Gasteiger partial charge on any atom is 0.407 e. The molecule has 5 heteroatoms. The largest absolute Gasteiger partial charge is 0.465 e. The van der Waals surface area contributed by atoms with Gasteiger partial charge in [0.15, 0.2) is 0 Å². The van der Waals surface area contributed by atoms with E-state index in [0.29, 0.717) is 13.1 Å². The van der Waals surface area contributed by atoms with Gasteiger partial charge >= 0.3 is 6.09 Å². The van der Waals surface area contributed by atoms with Gasteiger partial charge in [-0.25, -0.2) is 4.79 Å². The van der Waals surface area contributed by atoms with Gasteiger partial charge in [-0.05, 0) is 19.3 Å². The van der Waals surface area contributed by atoms with Crippen LogP contribution in [0.25, 0.3) is 0 Å². The fraction of sp³-hybridized carbons (Fsp3) is 0.900. The molecule has 2 fully saturated rings. The summed E-state index contributed by atoms with van der Waals surface area (Å²) in [6.45, 7) is 2.65. The number of hydrogen-bond donors (Lipinski definition) is 2. The summed E-state index contributed by atoms with van der Waals surface area (Å²) >= 11 is 0. The lowest BCUT2D eigenvalue weighted by molar-refractivity contribution is 0.0367. The first-order valence-electron chi connectivity index (χ1n) is 5.58. The summed E-state index contributed by atoms with van der Waals surface area (Å²) in [4.78, 5) is 14.4. The minimum Gasteiger partial charge on any atom is -0.465 e. The molecule has 15 heavy (non-hydrogen) atoms. The minimum atomic E-state index is -0.832. The maximum absolute atomic E-state index is 10.7. The van der Waals surface area contributed by atoms with Crippen LogP contribution in [0.15, 0.2) is 0 Å². The number of aliphatic hydroxyl groups excluding tert-OH is 1. The van der Waals surface area contributed by atoms with Crippen molar-refractivity contribution in [1.82, 2.24) is 9.80 Å². The lowest BCUT2D eigenvalue weighted by Crippen LogP contribution is -2.53. The van der Waals surface area contributed by atoms with Crippen LogP contribution >= 0.6 is 0 Å².